The van der Waals surface area contributed by atoms with E-state index >= 15 is 0 Å². The smallest absolute Gasteiger partial charge is 0.222 e. The molecule has 1 aliphatic carbocycles. The van der Waals surface area contributed by atoms with Gasteiger partial charge >= 0.3 is 0 Å². The van der Waals surface area contributed by atoms with Gasteiger partial charge in [-0.3, -0.25) is 9.79 Å². The highest BCUT2D eigenvalue weighted by Gasteiger charge is 2.31. The van der Waals surface area contributed by atoms with Gasteiger partial charge in [0, 0.05) is 31.3 Å². The molecular weight excluding hydrogens is 378 g/mol. The van der Waals surface area contributed by atoms with Crippen LogP contribution in [0.5, 0.6) is 0 Å². The number of nitrogens with one attached hydrogen (secondary N) is 1. The normalized spacial score (nSPS) is 21.9. The van der Waals surface area contributed by atoms with Crippen molar-refractivity contribution in [1.29, 1.82) is 0 Å². The molecule has 1 saturated carbocycles. The summed E-state index contributed by atoms with van der Waals surface area (Å²) in [5.41, 5.74) is 2.39. The first-order valence-electron chi connectivity index (χ1n) is 9.95. The maximum absolute atomic E-state index is 12.4. The van der Waals surface area contributed by atoms with Gasteiger partial charge in [0.25, 0.3) is 0 Å². The zero-order valence-corrected chi connectivity index (χ0v) is 18.1. The SMILES string of the molecule is CCN1/C(=N/C2CCCCC2)SCC1CC(=O)NCc1ccc(C)cc1.Cl. The van der Waals surface area contributed by atoms with E-state index in [-0.39, 0.29) is 24.4 Å². The third-order valence-electron chi connectivity index (χ3n) is 5.33. The van der Waals surface area contributed by atoms with Gasteiger partial charge in [0.05, 0.1) is 6.04 Å². The number of rotatable bonds is 6. The Labute approximate surface area is 174 Å². The topological polar surface area (TPSA) is 44.7 Å². The third kappa shape index (κ3) is 6.42. The van der Waals surface area contributed by atoms with E-state index in [2.05, 4.69) is 48.3 Å². The van der Waals surface area contributed by atoms with Crippen molar-refractivity contribution in [3.63, 3.8) is 0 Å². The average Bonchev–Trinajstić information content (AvgIpc) is 3.03. The zero-order valence-electron chi connectivity index (χ0n) is 16.4. The molecule has 0 aromatic heterocycles. The van der Waals surface area contributed by atoms with E-state index in [1.807, 2.05) is 11.8 Å². The molecule has 150 valence electrons. The van der Waals surface area contributed by atoms with E-state index in [1.54, 1.807) is 0 Å². The Morgan fingerprint density at radius 2 is 1.93 bits per heavy atom. The van der Waals surface area contributed by atoms with Crippen LogP contribution < -0.4 is 5.32 Å². The largest absolute Gasteiger partial charge is 0.352 e. The number of hydrogen-bond donors (Lipinski definition) is 1. The Kier molecular flexibility index (Phi) is 8.97. The van der Waals surface area contributed by atoms with Crippen LogP contribution in [0.15, 0.2) is 29.3 Å². The van der Waals surface area contributed by atoms with E-state index < -0.39 is 0 Å². The maximum atomic E-state index is 12.4. The molecular formula is C21H32ClN3OS. The van der Waals surface area contributed by atoms with Gasteiger partial charge in [0.2, 0.25) is 5.91 Å². The maximum Gasteiger partial charge on any atom is 0.222 e. The highest BCUT2D eigenvalue weighted by atomic mass is 35.5. The predicted octanol–water partition coefficient (Wildman–Crippen LogP) is 4.55. The Bertz CT molecular complexity index is 629. The van der Waals surface area contributed by atoms with Gasteiger partial charge in [-0.15, -0.1) is 12.4 Å². The van der Waals surface area contributed by atoms with Crippen LogP contribution in [0.4, 0.5) is 0 Å². The minimum atomic E-state index is 0. The van der Waals surface area contributed by atoms with Crippen molar-refractivity contribution in [3.05, 3.63) is 35.4 Å². The number of aliphatic imine (C=N–C) groups is 1. The van der Waals surface area contributed by atoms with Crippen LogP contribution in [0.2, 0.25) is 0 Å². The average molecular weight is 410 g/mol. The molecule has 3 rings (SSSR count). The fourth-order valence-electron chi connectivity index (χ4n) is 3.73. The number of hydrogen-bond acceptors (Lipinski definition) is 3. The molecule has 1 aliphatic heterocycles. The summed E-state index contributed by atoms with van der Waals surface area (Å²) in [6.07, 6.45) is 6.98. The van der Waals surface area contributed by atoms with E-state index in [0.717, 1.165) is 23.0 Å². The molecule has 1 amide bonds. The molecule has 1 atom stereocenters. The summed E-state index contributed by atoms with van der Waals surface area (Å²) in [5.74, 6) is 1.10. The number of halogens is 1. The number of amidine groups is 1. The monoisotopic (exact) mass is 409 g/mol. The summed E-state index contributed by atoms with van der Waals surface area (Å²) < 4.78 is 0. The second-order valence-electron chi connectivity index (χ2n) is 7.42. The van der Waals surface area contributed by atoms with Crippen molar-refractivity contribution in [2.75, 3.05) is 12.3 Å². The van der Waals surface area contributed by atoms with Crippen molar-refractivity contribution in [2.24, 2.45) is 4.99 Å². The van der Waals surface area contributed by atoms with Crippen molar-refractivity contribution in [3.8, 4) is 0 Å². The highest BCUT2D eigenvalue weighted by Crippen LogP contribution is 2.29. The number of nitrogens with zero attached hydrogens (tertiary/aromatic N) is 2. The van der Waals surface area contributed by atoms with E-state index in [9.17, 15) is 4.79 Å². The molecule has 2 aliphatic rings. The van der Waals surface area contributed by atoms with Gasteiger partial charge in [-0.2, -0.15) is 0 Å². The molecule has 1 N–H and O–H groups in total. The summed E-state index contributed by atoms with van der Waals surface area (Å²) in [7, 11) is 0. The van der Waals surface area contributed by atoms with Crippen molar-refractivity contribution in [1.82, 2.24) is 10.2 Å². The van der Waals surface area contributed by atoms with Gasteiger partial charge < -0.3 is 10.2 Å². The van der Waals surface area contributed by atoms with Crippen molar-refractivity contribution >= 4 is 35.2 Å². The number of amides is 1. The summed E-state index contributed by atoms with van der Waals surface area (Å²) in [6, 6.07) is 9.09. The van der Waals surface area contributed by atoms with Crippen LogP contribution in [0.25, 0.3) is 0 Å². The lowest BCUT2D eigenvalue weighted by Crippen LogP contribution is -2.38. The molecule has 6 heteroatoms. The molecule has 1 aromatic rings. The highest BCUT2D eigenvalue weighted by molar-refractivity contribution is 8.14. The van der Waals surface area contributed by atoms with Gasteiger partial charge in [0.15, 0.2) is 5.17 Å². The fourth-order valence-corrected chi connectivity index (χ4v) is 5.04. The first kappa shape index (κ1) is 22.1. The van der Waals surface area contributed by atoms with Crippen molar-refractivity contribution in [2.45, 2.75) is 71.0 Å². The summed E-state index contributed by atoms with van der Waals surface area (Å²) in [4.78, 5) is 19.8. The Morgan fingerprint density at radius 3 is 2.59 bits per heavy atom. The second kappa shape index (κ2) is 11.0. The lowest BCUT2D eigenvalue weighted by atomic mass is 9.96. The lowest BCUT2D eigenvalue weighted by molar-refractivity contribution is -0.122. The van der Waals surface area contributed by atoms with E-state index in [0.29, 0.717) is 19.0 Å². The minimum Gasteiger partial charge on any atom is -0.352 e. The molecule has 1 heterocycles. The Hall–Kier alpha value is -1.20. The molecule has 4 nitrogen and oxygen atoms in total. The Morgan fingerprint density at radius 1 is 1.22 bits per heavy atom. The summed E-state index contributed by atoms with van der Waals surface area (Å²) in [5, 5.41) is 4.23. The fraction of sp³-hybridized carbons (Fsp3) is 0.619. The third-order valence-corrected chi connectivity index (χ3v) is 6.48. The quantitative estimate of drug-likeness (QED) is 0.749. The molecule has 0 bridgehead atoms. The van der Waals surface area contributed by atoms with Gasteiger partial charge in [0.1, 0.15) is 0 Å². The second-order valence-corrected chi connectivity index (χ2v) is 8.41. The Balaban J connectivity index is 0.00000261. The summed E-state index contributed by atoms with van der Waals surface area (Å²) >= 11 is 1.83. The number of thioether (sulfide) groups is 1. The van der Waals surface area contributed by atoms with Crippen molar-refractivity contribution < 1.29 is 4.79 Å². The molecule has 1 aromatic carbocycles. The van der Waals surface area contributed by atoms with E-state index in [1.165, 1.54) is 37.7 Å². The molecule has 0 radical (unpaired) electrons. The molecule has 0 spiro atoms. The number of benzene rings is 1. The zero-order chi connectivity index (χ0) is 18.4. The first-order valence-corrected chi connectivity index (χ1v) is 10.9. The van der Waals surface area contributed by atoms with Crippen LogP contribution >= 0.6 is 24.2 Å². The lowest BCUT2D eigenvalue weighted by Gasteiger charge is -2.26. The molecule has 1 saturated heterocycles. The number of aryl methyl sites for hydroxylation is 1. The van der Waals surface area contributed by atoms with Crippen LogP contribution in [-0.4, -0.2) is 40.4 Å². The molecule has 27 heavy (non-hydrogen) atoms. The number of carbonyl (C=O) groups excluding carboxylic acids is 1. The number of carbonyl (C=O) groups is 1. The first-order chi connectivity index (χ1) is 12.7. The minimum absolute atomic E-state index is 0. The van der Waals surface area contributed by atoms with Crippen LogP contribution in [0.3, 0.4) is 0 Å². The van der Waals surface area contributed by atoms with E-state index in [4.69, 9.17) is 4.99 Å². The molecule has 2 fully saturated rings. The van der Waals surface area contributed by atoms with Crippen LogP contribution in [0, 0.1) is 6.92 Å². The van der Waals surface area contributed by atoms with Gasteiger partial charge in [-0.25, -0.2) is 0 Å². The van der Waals surface area contributed by atoms with Crippen LogP contribution in [0.1, 0.15) is 56.6 Å². The summed E-state index contributed by atoms with van der Waals surface area (Å²) in [6.45, 7) is 5.77. The standard InChI is InChI=1S/C21H31N3OS.ClH/c1-3-24-19(15-26-21(24)23-18-7-5-4-6-8-18)13-20(25)22-14-17-11-9-16(2)10-12-17;/h9-12,18-19H,3-8,13-15H2,1-2H3,(H,22,25);1H/b23-21-;. The van der Waals surface area contributed by atoms with Gasteiger partial charge in [-0.05, 0) is 32.3 Å². The predicted molar refractivity (Wildman–Crippen MR) is 118 cm³/mol. The van der Waals surface area contributed by atoms with Crippen LogP contribution in [-0.2, 0) is 11.3 Å². The molecule has 1 unspecified atom stereocenters. The van der Waals surface area contributed by atoms with Gasteiger partial charge in [-0.1, -0.05) is 60.9 Å².